The number of carbonyl (C=O) groups is 1. The van der Waals surface area contributed by atoms with Gasteiger partial charge in [-0.15, -0.1) is 0 Å². The molecule has 172 valence electrons. The number of halogens is 1. The molecule has 0 heterocycles. The summed E-state index contributed by atoms with van der Waals surface area (Å²) in [5, 5.41) is 4.45. The molecule has 7 nitrogen and oxygen atoms in total. The Labute approximate surface area is 199 Å². The van der Waals surface area contributed by atoms with Crippen molar-refractivity contribution >= 4 is 45.1 Å². The van der Waals surface area contributed by atoms with E-state index >= 15 is 0 Å². The quantitative estimate of drug-likeness (QED) is 0.338. The number of nitrogens with zero attached hydrogens (tertiary/aromatic N) is 2. The molecule has 3 rings (SSSR count). The minimum Gasteiger partial charge on any atom is -0.372 e. The van der Waals surface area contributed by atoms with Gasteiger partial charge in [0, 0.05) is 35.1 Å². The molecule has 0 saturated carbocycles. The van der Waals surface area contributed by atoms with Gasteiger partial charge in [-0.2, -0.15) is 5.10 Å². The molecule has 0 bridgehead atoms. The maximum Gasteiger partial charge on any atom is 0.271 e. The molecule has 1 amide bonds. The van der Waals surface area contributed by atoms with Gasteiger partial charge in [0.15, 0.2) is 0 Å². The van der Waals surface area contributed by atoms with Gasteiger partial charge >= 0.3 is 0 Å². The van der Waals surface area contributed by atoms with Crippen LogP contribution in [0.2, 0.25) is 5.02 Å². The van der Waals surface area contributed by atoms with Gasteiger partial charge in [-0.25, -0.2) is 13.8 Å². The van der Waals surface area contributed by atoms with Crippen molar-refractivity contribution in [1.82, 2.24) is 5.43 Å². The molecule has 0 aliphatic heterocycles. The standard InChI is InChI=1S/C24H25ClN4O3S/c1-3-29(4-2)22-13-5-18(6-14-22)17-26-27-24(30)19-7-11-21(12-8-19)28-33(31,32)23-15-9-20(25)10-16-23/h5-17,28H,3-4H2,1-2H3,(H,27,30)/b26-17-. The second-order valence-corrected chi connectivity index (χ2v) is 9.22. The first-order chi connectivity index (χ1) is 15.8. The summed E-state index contributed by atoms with van der Waals surface area (Å²) < 4.78 is 27.4. The Kier molecular flexibility index (Phi) is 8.08. The van der Waals surface area contributed by atoms with Crippen molar-refractivity contribution in [3.05, 3.63) is 88.9 Å². The first kappa shape index (κ1) is 24.3. The van der Waals surface area contributed by atoms with E-state index < -0.39 is 15.9 Å². The number of hydrogen-bond donors (Lipinski definition) is 2. The molecule has 0 radical (unpaired) electrons. The zero-order valence-electron chi connectivity index (χ0n) is 18.3. The lowest BCUT2D eigenvalue weighted by atomic mass is 10.2. The molecule has 0 aromatic heterocycles. The van der Waals surface area contributed by atoms with E-state index in [9.17, 15) is 13.2 Å². The van der Waals surface area contributed by atoms with Crippen molar-refractivity contribution in [2.45, 2.75) is 18.7 Å². The molecule has 0 saturated heterocycles. The molecule has 0 aliphatic rings. The van der Waals surface area contributed by atoms with E-state index in [1.807, 2.05) is 24.3 Å². The van der Waals surface area contributed by atoms with Gasteiger partial charge in [-0.1, -0.05) is 23.7 Å². The van der Waals surface area contributed by atoms with Gasteiger partial charge in [0.05, 0.1) is 11.1 Å². The zero-order valence-corrected chi connectivity index (χ0v) is 19.9. The number of nitrogens with one attached hydrogen (secondary N) is 2. The number of rotatable bonds is 9. The SMILES string of the molecule is CCN(CC)c1ccc(/C=N\NC(=O)c2ccc(NS(=O)(=O)c3ccc(Cl)cc3)cc2)cc1. The molecular formula is C24H25ClN4O3S. The monoisotopic (exact) mass is 484 g/mol. The number of carbonyl (C=O) groups excluding carboxylic acids is 1. The summed E-state index contributed by atoms with van der Waals surface area (Å²) in [4.78, 5) is 14.7. The maximum atomic E-state index is 12.4. The summed E-state index contributed by atoms with van der Waals surface area (Å²) in [5.74, 6) is -0.405. The smallest absolute Gasteiger partial charge is 0.271 e. The normalized spacial score (nSPS) is 11.4. The third kappa shape index (κ3) is 6.57. The first-order valence-corrected chi connectivity index (χ1v) is 12.3. The number of benzene rings is 3. The predicted octanol–water partition coefficient (Wildman–Crippen LogP) is 4.75. The summed E-state index contributed by atoms with van der Waals surface area (Å²) in [7, 11) is -3.76. The summed E-state index contributed by atoms with van der Waals surface area (Å²) in [6, 6.07) is 19.8. The number of hydrazone groups is 1. The van der Waals surface area contributed by atoms with Crippen LogP contribution in [0.25, 0.3) is 0 Å². The van der Waals surface area contributed by atoms with Crippen LogP contribution in [0.3, 0.4) is 0 Å². The fourth-order valence-corrected chi connectivity index (χ4v) is 4.29. The molecule has 33 heavy (non-hydrogen) atoms. The highest BCUT2D eigenvalue weighted by Crippen LogP contribution is 2.19. The molecule has 9 heteroatoms. The van der Waals surface area contributed by atoms with E-state index in [-0.39, 0.29) is 4.90 Å². The largest absolute Gasteiger partial charge is 0.372 e. The number of sulfonamides is 1. The predicted molar refractivity (Wildman–Crippen MR) is 134 cm³/mol. The summed E-state index contributed by atoms with van der Waals surface area (Å²) in [5.41, 5.74) is 5.14. The van der Waals surface area contributed by atoms with Gasteiger partial charge < -0.3 is 4.90 Å². The molecular weight excluding hydrogens is 460 g/mol. The highest BCUT2D eigenvalue weighted by atomic mass is 35.5. The van der Waals surface area contributed by atoms with E-state index in [2.05, 4.69) is 34.0 Å². The van der Waals surface area contributed by atoms with E-state index in [4.69, 9.17) is 11.6 Å². The fraction of sp³-hybridized carbons (Fsp3) is 0.167. The summed E-state index contributed by atoms with van der Waals surface area (Å²) in [6.45, 7) is 6.08. The Morgan fingerprint density at radius 3 is 2.12 bits per heavy atom. The van der Waals surface area contributed by atoms with Crippen LogP contribution in [0.1, 0.15) is 29.8 Å². The number of hydrogen-bond acceptors (Lipinski definition) is 5. The Hall–Kier alpha value is -3.36. The highest BCUT2D eigenvalue weighted by molar-refractivity contribution is 7.92. The minimum absolute atomic E-state index is 0.0909. The van der Waals surface area contributed by atoms with Crippen LogP contribution in [0, 0.1) is 0 Å². The molecule has 0 atom stereocenters. The maximum absolute atomic E-state index is 12.4. The van der Waals surface area contributed by atoms with Crippen LogP contribution in [-0.2, 0) is 10.0 Å². The lowest BCUT2D eigenvalue weighted by Crippen LogP contribution is -2.21. The van der Waals surface area contributed by atoms with Crippen molar-refractivity contribution in [3.63, 3.8) is 0 Å². The van der Waals surface area contributed by atoms with Crippen molar-refractivity contribution in [1.29, 1.82) is 0 Å². The van der Waals surface area contributed by atoms with Gasteiger partial charge in [-0.05, 0) is 80.1 Å². The zero-order chi connectivity index (χ0) is 23.8. The Balaban J connectivity index is 1.58. The third-order valence-corrected chi connectivity index (χ3v) is 6.57. The lowest BCUT2D eigenvalue weighted by Gasteiger charge is -2.20. The molecule has 3 aromatic rings. The Morgan fingerprint density at radius 2 is 1.55 bits per heavy atom. The van der Waals surface area contributed by atoms with Crippen LogP contribution in [0.5, 0.6) is 0 Å². The molecule has 0 unspecified atom stereocenters. The van der Waals surface area contributed by atoms with Crippen molar-refractivity contribution in [2.75, 3.05) is 22.7 Å². The third-order valence-electron chi connectivity index (χ3n) is 4.92. The minimum atomic E-state index is -3.76. The summed E-state index contributed by atoms with van der Waals surface area (Å²) in [6.07, 6.45) is 1.57. The van der Waals surface area contributed by atoms with Crippen LogP contribution < -0.4 is 15.0 Å². The second kappa shape index (κ2) is 11.0. The van der Waals surface area contributed by atoms with Gasteiger partial charge in [0.2, 0.25) is 0 Å². The van der Waals surface area contributed by atoms with Crippen LogP contribution >= 0.6 is 11.6 Å². The molecule has 0 spiro atoms. The average molecular weight is 485 g/mol. The molecule has 0 fully saturated rings. The molecule has 2 N–H and O–H groups in total. The van der Waals surface area contributed by atoms with E-state index in [1.165, 1.54) is 48.5 Å². The van der Waals surface area contributed by atoms with Crippen molar-refractivity contribution in [3.8, 4) is 0 Å². The van der Waals surface area contributed by atoms with E-state index in [1.54, 1.807) is 6.21 Å². The second-order valence-electron chi connectivity index (χ2n) is 7.10. The van der Waals surface area contributed by atoms with E-state index in [0.29, 0.717) is 16.3 Å². The van der Waals surface area contributed by atoms with Crippen LogP contribution in [0.15, 0.2) is 82.8 Å². The Bertz CT molecular complexity index is 1210. The topological polar surface area (TPSA) is 90.9 Å². The van der Waals surface area contributed by atoms with Crippen LogP contribution in [0.4, 0.5) is 11.4 Å². The first-order valence-electron chi connectivity index (χ1n) is 10.4. The van der Waals surface area contributed by atoms with E-state index in [0.717, 1.165) is 24.3 Å². The van der Waals surface area contributed by atoms with Crippen molar-refractivity contribution in [2.24, 2.45) is 5.10 Å². The van der Waals surface area contributed by atoms with Crippen LogP contribution in [-0.4, -0.2) is 33.6 Å². The fourth-order valence-electron chi connectivity index (χ4n) is 3.11. The summed E-state index contributed by atoms with van der Waals surface area (Å²) >= 11 is 5.80. The van der Waals surface area contributed by atoms with Gasteiger partial charge in [0.25, 0.3) is 15.9 Å². The highest BCUT2D eigenvalue weighted by Gasteiger charge is 2.14. The van der Waals surface area contributed by atoms with Crippen molar-refractivity contribution < 1.29 is 13.2 Å². The van der Waals surface area contributed by atoms with Gasteiger partial charge in [-0.3, -0.25) is 9.52 Å². The number of amides is 1. The molecule has 0 aliphatic carbocycles. The van der Waals surface area contributed by atoms with Gasteiger partial charge in [0.1, 0.15) is 0 Å². The number of anilines is 2. The molecule has 3 aromatic carbocycles. The Morgan fingerprint density at radius 1 is 0.939 bits per heavy atom. The average Bonchev–Trinajstić information content (AvgIpc) is 2.81. The lowest BCUT2D eigenvalue weighted by molar-refractivity contribution is 0.0955.